The van der Waals surface area contributed by atoms with Crippen molar-refractivity contribution in [2.45, 2.75) is 32.1 Å². The SMILES string of the molecule is O=C(NCCCc1ccccc1)NCC1(C(=O)O)CCC1. The van der Waals surface area contributed by atoms with Crippen molar-refractivity contribution in [2.75, 3.05) is 13.1 Å². The number of amides is 2. The lowest BCUT2D eigenvalue weighted by molar-refractivity contribution is -0.153. The molecule has 0 aliphatic heterocycles. The molecule has 21 heavy (non-hydrogen) atoms. The Morgan fingerprint density at radius 3 is 2.43 bits per heavy atom. The van der Waals surface area contributed by atoms with Gasteiger partial charge in [0.05, 0.1) is 5.41 Å². The smallest absolute Gasteiger partial charge is 0.314 e. The highest BCUT2D eigenvalue weighted by Crippen LogP contribution is 2.40. The van der Waals surface area contributed by atoms with E-state index >= 15 is 0 Å². The molecule has 0 heterocycles. The normalized spacial score (nSPS) is 15.8. The standard InChI is InChI=1S/C16H22N2O3/c19-14(20)16(9-5-10-16)12-18-15(21)17-11-4-8-13-6-2-1-3-7-13/h1-3,6-7H,4-5,8-12H2,(H,19,20)(H2,17,18,21). The lowest BCUT2D eigenvalue weighted by Crippen LogP contribution is -2.49. The lowest BCUT2D eigenvalue weighted by atomic mass is 9.69. The molecule has 1 aliphatic carbocycles. The van der Waals surface area contributed by atoms with Crippen molar-refractivity contribution < 1.29 is 14.7 Å². The van der Waals surface area contributed by atoms with Crippen LogP contribution in [0, 0.1) is 5.41 Å². The van der Waals surface area contributed by atoms with E-state index in [1.165, 1.54) is 5.56 Å². The van der Waals surface area contributed by atoms with Crippen LogP contribution in [0.1, 0.15) is 31.2 Å². The number of hydrogen-bond acceptors (Lipinski definition) is 2. The molecule has 114 valence electrons. The van der Waals surface area contributed by atoms with E-state index in [2.05, 4.69) is 22.8 Å². The fraction of sp³-hybridized carbons (Fsp3) is 0.500. The summed E-state index contributed by atoms with van der Waals surface area (Å²) in [5.41, 5.74) is 0.514. The van der Waals surface area contributed by atoms with Gasteiger partial charge in [0.15, 0.2) is 0 Å². The van der Waals surface area contributed by atoms with Gasteiger partial charge in [-0.25, -0.2) is 4.79 Å². The molecule has 0 radical (unpaired) electrons. The highest BCUT2D eigenvalue weighted by Gasteiger charge is 2.44. The number of hydrogen-bond donors (Lipinski definition) is 3. The van der Waals surface area contributed by atoms with E-state index in [9.17, 15) is 9.59 Å². The topological polar surface area (TPSA) is 78.4 Å². The van der Waals surface area contributed by atoms with Crippen molar-refractivity contribution in [3.8, 4) is 0 Å². The summed E-state index contributed by atoms with van der Waals surface area (Å²) in [6, 6.07) is 9.82. The zero-order valence-corrected chi connectivity index (χ0v) is 12.1. The third kappa shape index (κ3) is 4.21. The summed E-state index contributed by atoms with van der Waals surface area (Å²) in [6.45, 7) is 0.799. The average molecular weight is 290 g/mol. The summed E-state index contributed by atoms with van der Waals surface area (Å²) >= 11 is 0. The minimum atomic E-state index is -0.807. The van der Waals surface area contributed by atoms with Crippen LogP contribution in [-0.4, -0.2) is 30.2 Å². The number of nitrogens with one attached hydrogen (secondary N) is 2. The van der Waals surface area contributed by atoms with Crippen LogP contribution in [0.25, 0.3) is 0 Å². The number of carbonyl (C=O) groups excluding carboxylic acids is 1. The molecule has 3 N–H and O–H groups in total. The number of carbonyl (C=O) groups is 2. The molecule has 0 aromatic heterocycles. The van der Waals surface area contributed by atoms with Crippen LogP contribution in [0.15, 0.2) is 30.3 Å². The Morgan fingerprint density at radius 2 is 1.86 bits per heavy atom. The summed E-state index contributed by atoms with van der Waals surface area (Å²) in [6.07, 6.45) is 4.00. The van der Waals surface area contributed by atoms with Gasteiger partial charge in [0.2, 0.25) is 0 Å². The number of carboxylic acid groups (broad SMARTS) is 1. The molecule has 0 spiro atoms. The van der Waals surface area contributed by atoms with Crippen molar-refractivity contribution in [3.05, 3.63) is 35.9 Å². The number of urea groups is 1. The average Bonchev–Trinajstić information content (AvgIpc) is 2.43. The van der Waals surface area contributed by atoms with Crippen molar-refractivity contribution in [2.24, 2.45) is 5.41 Å². The van der Waals surface area contributed by atoms with Crippen LogP contribution in [0.3, 0.4) is 0 Å². The maximum Gasteiger partial charge on any atom is 0.314 e. The molecule has 5 heteroatoms. The molecule has 5 nitrogen and oxygen atoms in total. The lowest BCUT2D eigenvalue weighted by Gasteiger charge is -2.37. The number of rotatable bonds is 7. The quantitative estimate of drug-likeness (QED) is 0.673. The number of aryl methyl sites for hydroxylation is 1. The molecule has 2 amide bonds. The molecule has 1 aliphatic rings. The second-order valence-corrected chi connectivity index (χ2v) is 5.64. The van der Waals surface area contributed by atoms with Gasteiger partial charge in [0, 0.05) is 13.1 Å². The van der Waals surface area contributed by atoms with Gasteiger partial charge in [0.25, 0.3) is 0 Å². The summed E-state index contributed by atoms with van der Waals surface area (Å²) in [5, 5.41) is 14.6. The van der Waals surface area contributed by atoms with Gasteiger partial charge in [-0.2, -0.15) is 0 Å². The first-order valence-electron chi connectivity index (χ1n) is 7.41. The minimum absolute atomic E-state index is 0.215. The monoisotopic (exact) mass is 290 g/mol. The van der Waals surface area contributed by atoms with Crippen LogP contribution in [0.2, 0.25) is 0 Å². The van der Waals surface area contributed by atoms with Crippen molar-refractivity contribution in [1.82, 2.24) is 10.6 Å². The molecular formula is C16H22N2O3. The van der Waals surface area contributed by atoms with Crippen molar-refractivity contribution >= 4 is 12.0 Å². The fourth-order valence-corrected chi connectivity index (χ4v) is 2.52. The Bertz CT molecular complexity index is 484. The number of aliphatic carboxylic acids is 1. The summed E-state index contributed by atoms with van der Waals surface area (Å²) < 4.78 is 0. The third-order valence-electron chi connectivity index (χ3n) is 4.12. The van der Waals surface area contributed by atoms with Gasteiger partial charge in [-0.05, 0) is 31.2 Å². The second-order valence-electron chi connectivity index (χ2n) is 5.64. The molecule has 0 bridgehead atoms. The summed E-state index contributed by atoms with van der Waals surface area (Å²) in [7, 11) is 0. The third-order valence-corrected chi connectivity index (χ3v) is 4.12. The zero-order chi connectivity index (χ0) is 15.1. The van der Waals surface area contributed by atoms with Crippen LogP contribution in [0.5, 0.6) is 0 Å². The van der Waals surface area contributed by atoms with Gasteiger partial charge >= 0.3 is 12.0 Å². The Labute approximate surface area is 124 Å². The minimum Gasteiger partial charge on any atom is -0.481 e. The summed E-state index contributed by atoms with van der Waals surface area (Å²) in [4.78, 5) is 22.8. The molecule has 0 saturated heterocycles. The molecule has 0 atom stereocenters. The van der Waals surface area contributed by atoms with Gasteiger partial charge < -0.3 is 15.7 Å². The van der Waals surface area contributed by atoms with Crippen LogP contribution >= 0.6 is 0 Å². The van der Waals surface area contributed by atoms with Crippen LogP contribution < -0.4 is 10.6 Å². The highest BCUT2D eigenvalue weighted by atomic mass is 16.4. The van der Waals surface area contributed by atoms with Gasteiger partial charge in [0.1, 0.15) is 0 Å². The van der Waals surface area contributed by atoms with Crippen LogP contribution in [0.4, 0.5) is 4.79 Å². The maximum atomic E-state index is 11.6. The molecule has 1 saturated carbocycles. The molecule has 2 rings (SSSR count). The first-order valence-corrected chi connectivity index (χ1v) is 7.41. The van der Waals surface area contributed by atoms with E-state index < -0.39 is 11.4 Å². The van der Waals surface area contributed by atoms with Crippen molar-refractivity contribution in [1.29, 1.82) is 0 Å². The van der Waals surface area contributed by atoms with Gasteiger partial charge in [-0.15, -0.1) is 0 Å². The van der Waals surface area contributed by atoms with Gasteiger partial charge in [-0.1, -0.05) is 36.8 Å². The number of benzene rings is 1. The van der Waals surface area contributed by atoms with E-state index in [1.54, 1.807) is 0 Å². The molecule has 1 aromatic rings. The Morgan fingerprint density at radius 1 is 1.14 bits per heavy atom. The number of carboxylic acids is 1. The largest absolute Gasteiger partial charge is 0.481 e. The molecule has 1 aromatic carbocycles. The van der Waals surface area contributed by atoms with E-state index in [0.717, 1.165) is 19.3 Å². The zero-order valence-electron chi connectivity index (χ0n) is 12.1. The van der Waals surface area contributed by atoms with Crippen molar-refractivity contribution in [3.63, 3.8) is 0 Å². The maximum absolute atomic E-state index is 11.6. The van der Waals surface area contributed by atoms with Crippen LogP contribution in [-0.2, 0) is 11.2 Å². The van der Waals surface area contributed by atoms with E-state index in [-0.39, 0.29) is 12.6 Å². The Kier molecular flexibility index (Phi) is 5.20. The molecule has 1 fully saturated rings. The van der Waals surface area contributed by atoms with E-state index in [1.807, 2.05) is 18.2 Å². The first-order chi connectivity index (χ1) is 10.1. The van der Waals surface area contributed by atoms with E-state index in [4.69, 9.17) is 5.11 Å². The molecule has 0 unspecified atom stereocenters. The van der Waals surface area contributed by atoms with Gasteiger partial charge in [-0.3, -0.25) is 4.79 Å². The predicted octanol–water partition coefficient (Wildman–Crippen LogP) is 2.17. The fourth-order valence-electron chi connectivity index (χ4n) is 2.52. The predicted molar refractivity (Wildman–Crippen MR) is 80.1 cm³/mol. The Balaban J connectivity index is 1.61. The Hall–Kier alpha value is -2.04. The highest BCUT2D eigenvalue weighted by molar-refractivity contribution is 5.78. The summed E-state index contributed by atoms with van der Waals surface area (Å²) in [5.74, 6) is -0.807. The van der Waals surface area contributed by atoms with E-state index in [0.29, 0.717) is 19.4 Å². The second kappa shape index (κ2) is 7.11. The first kappa shape index (κ1) is 15.4. The molecular weight excluding hydrogens is 268 g/mol.